The molecule has 190 valence electrons. The Morgan fingerprint density at radius 3 is 1.31 bits per heavy atom. The average molecular weight is 485 g/mol. The van der Waals surface area contributed by atoms with Gasteiger partial charge in [-0.25, -0.2) is 0 Å². The van der Waals surface area contributed by atoms with Crippen LogP contribution in [0.4, 0.5) is 0 Å². The van der Waals surface area contributed by atoms with E-state index in [1.165, 1.54) is 0 Å². The predicted octanol–water partition coefficient (Wildman–Crippen LogP) is 6.69. The van der Waals surface area contributed by atoms with Gasteiger partial charge in [0.05, 0.1) is 13.2 Å². The van der Waals surface area contributed by atoms with Gasteiger partial charge in [0.1, 0.15) is 11.5 Å². The molecule has 0 saturated heterocycles. The van der Waals surface area contributed by atoms with Crippen LogP contribution < -0.4 is 9.47 Å². The predicted molar refractivity (Wildman–Crippen MR) is 155 cm³/mol. The number of hydrogen-bond acceptors (Lipinski definition) is 4. The Morgan fingerprint density at radius 2 is 0.917 bits per heavy atom. The molecular formula is C32H40N2O2. The summed E-state index contributed by atoms with van der Waals surface area (Å²) in [7, 11) is 8.33. The molecule has 3 rings (SSSR count). The normalized spacial score (nSPS) is 11.7. The van der Waals surface area contributed by atoms with Crippen LogP contribution in [0, 0.1) is 0 Å². The number of nitrogens with zero attached hydrogens (tertiary/aromatic N) is 2. The monoisotopic (exact) mass is 484 g/mol. The summed E-state index contributed by atoms with van der Waals surface area (Å²) in [5, 5.41) is 0. The van der Waals surface area contributed by atoms with Crippen molar-refractivity contribution in [2.45, 2.75) is 12.8 Å². The summed E-state index contributed by atoms with van der Waals surface area (Å²) in [6.07, 6.45) is 10.5. The molecule has 0 heterocycles. The van der Waals surface area contributed by atoms with Crippen LogP contribution in [0.2, 0.25) is 0 Å². The van der Waals surface area contributed by atoms with Gasteiger partial charge in [0.15, 0.2) is 0 Å². The quantitative estimate of drug-likeness (QED) is 0.188. The van der Waals surface area contributed by atoms with Crippen molar-refractivity contribution in [2.24, 2.45) is 0 Å². The van der Waals surface area contributed by atoms with E-state index in [4.69, 9.17) is 9.47 Å². The van der Waals surface area contributed by atoms with Crippen molar-refractivity contribution in [3.63, 3.8) is 0 Å². The van der Waals surface area contributed by atoms with Crippen molar-refractivity contribution in [3.05, 3.63) is 95.1 Å². The van der Waals surface area contributed by atoms with Crippen LogP contribution in [0.5, 0.6) is 11.5 Å². The van der Waals surface area contributed by atoms with E-state index in [0.29, 0.717) is 13.2 Å². The van der Waals surface area contributed by atoms with Crippen molar-refractivity contribution in [3.8, 4) is 11.5 Å². The molecule has 0 bridgehead atoms. The highest BCUT2D eigenvalue weighted by atomic mass is 16.5. The summed E-state index contributed by atoms with van der Waals surface area (Å²) < 4.78 is 12.0. The maximum atomic E-state index is 6.02. The van der Waals surface area contributed by atoms with Crippen molar-refractivity contribution < 1.29 is 9.47 Å². The molecule has 3 aromatic rings. The molecule has 0 radical (unpaired) electrons. The third-order valence-electron chi connectivity index (χ3n) is 5.70. The summed E-state index contributed by atoms with van der Waals surface area (Å²) in [6, 6.07) is 24.9. The van der Waals surface area contributed by atoms with Gasteiger partial charge in [-0.2, -0.15) is 0 Å². The van der Waals surface area contributed by atoms with Crippen LogP contribution in [0.1, 0.15) is 35.1 Å². The fourth-order valence-corrected chi connectivity index (χ4v) is 3.72. The molecule has 0 atom stereocenters. The first kappa shape index (κ1) is 27.3. The Bertz CT molecular complexity index is 1010. The van der Waals surface area contributed by atoms with E-state index in [1.54, 1.807) is 0 Å². The van der Waals surface area contributed by atoms with Crippen molar-refractivity contribution in [1.29, 1.82) is 0 Å². The van der Waals surface area contributed by atoms with Crippen LogP contribution in [0.15, 0.2) is 72.8 Å². The summed E-state index contributed by atoms with van der Waals surface area (Å²) in [5.41, 5.74) is 4.49. The standard InChI is InChI=1S/C32H40N2O2/c1-33(2)23-9-25-35-31-13-7-5-11-29(31)21-19-27-15-17-28(18-16-27)20-22-30-12-6-8-14-32(30)36-26-10-24-34(3)4/h5-8,11-22H,9-10,23-26H2,1-4H3. The molecule has 0 amide bonds. The lowest BCUT2D eigenvalue weighted by atomic mass is 10.1. The summed E-state index contributed by atoms with van der Waals surface area (Å²) >= 11 is 0. The minimum Gasteiger partial charge on any atom is -0.493 e. The lowest BCUT2D eigenvalue weighted by molar-refractivity contribution is 0.281. The van der Waals surface area contributed by atoms with Gasteiger partial charge in [-0.3, -0.25) is 0 Å². The zero-order valence-electron chi connectivity index (χ0n) is 22.2. The Morgan fingerprint density at radius 1 is 0.528 bits per heavy atom. The van der Waals surface area contributed by atoms with Gasteiger partial charge in [-0.1, -0.05) is 85.0 Å². The molecule has 0 aliphatic carbocycles. The zero-order valence-corrected chi connectivity index (χ0v) is 22.2. The third kappa shape index (κ3) is 9.73. The van der Waals surface area contributed by atoms with Gasteiger partial charge in [0, 0.05) is 24.2 Å². The minimum atomic E-state index is 0.717. The highest BCUT2D eigenvalue weighted by Gasteiger charge is 2.02. The fraction of sp³-hybridized carbons (Fsp3) is 0.312. The molecule has 0 aliphatic heterocycles. The van der Waals surface area contributed by atoms with Gasteiger partial charge in [0.25, 0.3) is 0 Å². The molecule has 3 aromatic carbocycles. The maximum Gasteiger partial charge on any atom is 0.126 e. The Kier molecular flexibility index (Phi) is 11.3. The Balaban J connectivity index is 1.58. The van der Waals surface area contributed by atoms with E-state index >= 15 is 0 Å². The van der Waals surface area contributed by atoms with E-state index < -0.39 is 0 Å². The summed E-state index contributed by atoms with van der Waals surface area (Å²) in [5.74, 6) is 1.85. The molecule has 0 N–H and O–H groups in total. The first-order valence-electron chi connectivity index (χ1n) is 12.7. The molecule has 0 fully saturated rings. The lowest BCUT2D eigenvalue weighted by Crippen LogP contribution is -2.15. The number of hydrogen-bond donors (Lipinski definition) is 0. The van der Waals surface area contributed by atoms with E-state index in [1.807, 2.05) is 36.4 Å². The average Bonchev–Trinajstić information content (AvgIpc) is 2.88. The maximum absolute atomic E-state index is 6.02. The molecule has 4 heteroatoms. The second-order valence-corrected chi connectivity index (χ2v) is 9.42. The van der Waals surface area contributed by atoms with E-state index in [-0.39, 0.29) is 0 Å². The van der Waals surface area contributed by atoms with Crippen molar-refractivity contribution in [1.82, 2.24) is 9.80 Å². The first-order chi connectivity index (χ1) is 17.5. The minimum absolute atomic E-state index is 0.717. The Hall–Kier alpha value is -3.34. The number of benzene rings is 3. The van der Waals surface area contributed by atoms with Gasteiger partial charge >= 0.3 is 0 Å². The highest BCUT2D eigenvalue weighted by molar-refractivity contribution is 5.75. The summed E-state index contributed by atoms with van der Waals surface area (Å²) in [4.78, 5) is 4.35. The molecule has 0 aromatic heterocycles. The molecule has 0 spiro atoms. The first-order valence-corrected chi connectivity index (χ1v) is 12.7. The topological polar surface area (TPSA) is 24.9 Å². The van der Waals surface area contributed by atoms with Crippen LogP contribution in [-0.4, -0.2) is 64.3 Å². The van der Waals surface area contributed by atoms with E-state index in [0.717, 1.165) is 59.7 Å². The molecule has 0 saturated carbocycles. The van der Waals surface area contributed by atoms with Crippen LogP contribution in [0.25, 0.3) is 24.3 Å². The highest BCUT2D eigenvalue weighted by Crippen LogP contribution is 2.23. The second kappa shape index (κ2) is 14.9. The van der Waals surface area contributed by atoms with Gasteiger partial charge in [-0.05, 0) is 64.3 Å². The largest absolute Gasteiger partial charge is 0.493 e. The van der Waals surface area contributed by atoms with Gasteiger partial charge in [0.2, 0.25) is 0 Å². The molecule has 36 heavy (non-hydrogen) atoms. The number of rotatable bonds is 14. The molecular weight excluding hydrogens is 444 g/mol. The van der Waals surface area contributed by atoms with Crippen LogP contribution in [0.3, 0.4) is 0 Å². The van der Waals surface area contributed by atoms with Crippen LogP contribution >= 0.6 is 0 Å². The smallest absolute Gasteiger partial charge is 0.126 e. The lowest BCUT2D eigenvalue weighted by Gasteiger charge is -2.12. The molecule has 4 nitrogen and oxygen atoms in total. The fourth-order valence-electron chi connectivity index (χ4n) is 3.72. The third-order valence-corrected chi connectivity index (χ3v) is 5.70. The van der Waals surface area contributed by atoms with E-state index in [9.17, 15) is 0 Å². The Labute approximate surface area is 217 Å². The zero-order chi connectivity index (χ0) is 25.6. The van der Waals surface area contributed by atoms with Gasteiger partial charge < -0.3 is 19.3 Å². The van der Waals surface area contributed by atoms with Crippen LogP contribution in [-0.2, 0) is 0 Å². The SMILES string of the molecule is CN(C)CCCOc1ccccc1C=Cc1ccc(C=Cc2ccccc2OCCCN(C)C)cc1. The van der Waals surface area contributed by atoms with Gasteiger partial charge in [-0.15, -0.1) is 0 Å². The van der Waals surface area contributed by atoms with Crippen molar-refractivity contribution >= 4 is 24.3 Å². The molecule has 0 aliphatic rings. The van der Waals surface area contributed by atoms with Crippen molar-refractivity contribution in [2.75, 3.05) is 54.5 Å². The van der Waals surface area contributed by atoms with E-state index in [2.05, 4.69) is 98.7 Å². The number of ether oxygens (including phenoxy) is 2. The number of para-hydroxylation sites is 2. The second-order valence-electron chi connectivity index (χ2n) is 9.42. The summed E-state index contributed by atoms with van der Waals surface area (Å²) in [6.45, 7) is 3.48. The molecule has 0 unspecified atom stereocenters.